The van der Waals surface area contributed by atoms with Gasteiger partial charge in [0.2, 0.25) is 5.95 Å². The molecule has 1 atom stereocenters. The third kappa shape index (κ3) is 4.22. The number of hydrogen-bond acceptors (Lipinski definition) is 8. The van der Waals surface area contributed by atoms with Crippen LogP contribution >= 0.6 is 0 Å². The molecule has 6 rings (SSSR count). The van der Waals surface area contributed by atoms with E-state index in [4.69, 9.17) is 0 Å². The van der Waals surface area contributed by atoms with Gasteiger partial charge in [0.25, 0.3) is 0 Å². The van der Waals surface area contributed by atoms with Crippen LogP contribution in [-0.2, 0) is 12.6 Å². The number of nitrogens with zero attached hydrogens (tertiary/aromatic N) is 9. The van der Waals surface area contributed by atoms with Crippen LogP contribution in [0.2, 0.25) is 0 Å². The summed E-state index contributed by atoms with van der Waals surface area (Å²) in [6.07, 6.45) is 10.3. The van der Waals surface area contributed by atoms with Crippen molar-refractivity contribution >= 4 is 17.3 Å². The second-order valence-corrected chi connectivity index (χ2v) is 9.49. The van der Waals surface area contributed by atoms with E-state index in [0.717, 1.165) is 34.6 Å². The minimum Gasteiger partial charge on any atom is -0.380 e. The summed E-state index contributed by atoms with van der Waals surface area (Å²) >= 11 is 0. The van der Waals surface area contributed by atoms with Gasteiger partial charge in [0.15, 0.2) is 5.82 Å². The van der Waals surface area contributed by atoms with Gasteiger partial charge in [-0.25, -0.2) is 28.2 Å². The Kier molecular flexibility index (Phi) is 5.75. The third-order valence-electron chi connectivity index (χ3n) is 6.94. The van der Waals surface area contributed by atoms with E-state index in [9.17, 15) is 13.9 Å². The van der Waals surface area contributed by atoms with Gasteiger partial charge in [0.05, 0.1) is 6.20 Å². The number of rotatable bonds is 5. The highest BCUT2D eigenvalue weighted by molar-refractivity contribution is 5.77. The number of aryl methyl sites for hydroxylation is 1. The molecule has 4 aromatic heterocycles. The van der Waals surface area contributed by atoms with Crippen molar-refractivity contribution in [3.63, 3.8) is 0 Å². The van der Waals surface area contributed by atoms with E-state index < -0.39 is 17.2 Å². The first-order valence-corrected chi connectivity index (χ1v) is 12.1. The molecule has 5 heterocycles. The summed E-state index contributed by atoms with van der Waals surface area (Å²) in [5.74, 6) is -0.174. The molecule has 0 amide bonds. The summed E-state index contributed by atoms with van der Waals surface area (Å²) in [6, 6.07) is 5.15. The fourth-order valence-electron chi connectivity index (χ4n) is 4.78. The average Bonchev–Trinajstić information content (AvgIpc) is 3.55. The predicted octanol–water partition coefficient (Wildman–Crippen LogP) is 2.78. The van der Waals surface area contributed by atoms with Crippen molar-refractivity contribution in [2.75, 3.05) is 36.0 Å². The lowest BCUT2D eigenvalue weighted by atomic mass is 9.89. The van der Waals surface area contributed by atoms with Gasteiger partial charge in [-0.3, -0.25) is 4.68 Å². The zero-order valence-electron chi connectivity index (χ0n) is 20.8. The van der Waals surface area contributed by atoms with Crippen molar-refractivity contribution in [1.29, 1.82) is 0 Å². The maximum atomic E-state index is 14.3. The summed E-state index contributed by atoms with van der Waals surface area (Å²) in [5.41, 5.74) is 1.50. The molecule has 5 aromatic rings. The second kappa shape index (κ2) is 9.14. The predicted molar refractivity (Wildman–Crippen MR) is 137 cm³/mol. The van der Waals surface area contributed by atoms with Crippen LogP contribution < -0.4 is 9.80 Å². The van der Waals surface area contributed by atoms with Gasteiger partial charge >= 0.3 is 0 Å². The number of halogens is 2. The number of hydrogen-bond donors (Lipinski definition) is 1. The molecular weight excluding hydrogens is 492 g/mol. The molecule has 10 nitrogen and oxygen atoms in total. The van der Waals surface area contributed by atoms with E-state index in [1.165, 1.54) is 25.4 Å². The highest BCUT2D eigenvalue weighted by Crippen LogP contribution is 2.31. The van der Waals surface area contributed by atoms with E-state index in [-0.39, 0.29) is 5.56 Å². The molecule has 1 N–H and O–H groups in total. The average molecular weight is 518 g/mol. The van der Waals surface area contributed by atoms with Crippen molar-refractivity contribution in [2.45, 2.75) is 12.5 Å². The summed E-state index contributed by atoms with van der Waals surface area (Å²) in [7, 11) is 1.88. The molecule has 0 saturated carbocycles. The van der Waals surface area contributed by atoms with Crippen molar-refractivity contribution in [3.05, 3.63) is 84.3 Å². The first-order valence-electron chi connectivity index (χ1n) is 12.1. The molecule has 12 heteroatoms. The number of aliphatic hydroxyl groups is 1. The summed E-state index contributed by atoms with van der Waals surface area (Å²) in [6.45, 7) is 4.15. The Morgan fingerprint density at radius 1 is 0.868 bits per heavy atom. The number of benzene rings is 1. The molecular formula is C26H25F2N9O. The topological polar surface area (TPSA) is 100 Å². The van der Waals surface area contributed by atoms with Gasteiger partial charge in [0.1, 0.15) is 29.1 Å². The Balaban J connectivity index is 1.17. The van der Waals surface area contributed by atoms with Crippen LogP contribution in [0.4, 0.5) is 20.5 Å². The number of aromatic nitrogens is 7. The number of piperazine rings is 1. The number of anilines is 2. The quantitative estimate of drug-likeness (QED) is 0.380. The largest absolute Gasteiger partial charge is 0.380 e. The molecule has 0 radical (unpaired) electrons. The summed E-state index contributed by atoms with van der Waals surface area (Å²) < 4.78 is 31.2. The Morgan fingerprint density at radius 3 is 2.29 bits per heavy atom. The first kappa shape index (κ1) is 23.9. The smallest absolute Gasteiger partial charge is 0.225 e. The zero-order chi connectivity index (χ0) is 26.4. The molecule has 194 valence electrons. The normalized spacial score (nSPS) is 15.7. The van der Waals surface area contributed by atoms with Gasteiger partial charge in [-0.15, -0.1) is 0 Å². The molecule has 0 bridgehead atoms. The van der Waals surface area contributed by atoms with Gasteiger partial charge in [-0.1, -0.05) is 0 Å². The summed E-state index contributed by atoms with van der Waals surface area (Å²) in [4.78, 5) is 17.7. The van der Waals surface area contributed by atoms with Crippen LogP contribution in [0, 0.1) is 11.6 Å². The Morgan fingerprint density at radius 2 is 1.61 bits per heavy atom. The van der Waals surface area contributed by atoms with Crippen LogP contribution in [0.3, 0.4) is 0 Å². The first-order chi connectivity index (χ1) is 18.3. The van der Waals surface area contributed by atoms with Gasteiger partial charge < -0.3 is 14.9 Å². The van der Waals surface area contributed by atoms with Crippen molar-refractivity contribution in [1.82, 2.24) is 34.3 Å². The third-order valence-corrected chi connectivity index (χ3v) is 6.94. The molecule has 1 fully saturated rings. The van der Waals surface area contributed by atoms with Gasteiger partial charge in [0, 0.05) is 86.3 Å². The molecule has 0 unspecified atom stereocenters. The van der Waals surface area contributed by atoms with Crippen molar-refractivity contribution in [2.24, 2.45) is 7.05 Å². The zero-order valence-corrected chi connectivity index (χ0v) is 20.8. The maximum absolute atomic E-state index is 14.3. The second-order valence-electron chi connectivity index (χ2n) is 9.49. The Labute approximate surface area is 216 Å². The molecule has 0 aliphatic carbocycles. The van der Waals surface area contributed by atoms with Crippen LogP contribution in [-0.4, -0.2) is 65.6 Å². The van der Waals surface area contributed by atoms with Gasteiger partial charge in [-0.05, 0) is 25.1 Å². The highest BCUT2D eigenvalue weighted by Gasteiger charge is 2.30. The minimum atomic E-state index is -1.71. The molecule has 1 saturated heterocycles. The van der Waals surface area contributed by atoms with E-state index in [2.05, 4.69) is 36.1 Å². The molecule has 1 aliphatic heterocycles. The van der Waals surface area contributed by atoms with E-state index >= 15 is 0 Å². The molecule has 1 aliphatic rings. The SMILES string of the molecule is Cn1cc(-c2cc3c(N4CCN(c5ncc([C@@](C)(O)c6ccc(F)cc6F)cn5)CC4)ncnn3c2)cn1. The van der Waals surface area contributed by atoms with Crippen LogP contribution in [0.25, 0.3) is 16.6 Å². The molecule has 1 aromatic carbocycles. The van der Waals surface area contributed by atoms with Crippen molar-refractivity contribution in [3.8, 4) is 11.1 Å². The lowest BCUT2D eigenvalue weighted by Crippen LogP contribution is -2.47. The van der Waals surface area contributed by atoms with Crippen LogP contribution in [0.5, 0.6) is 0 Å². The van der Waals surface area contributed by atoms with E-state index in [0.29, 0.717) is 37.7 Å². The summed E-state index contributed by atoms with van der Waals surface area (Å²) in [5, 5.41) is 19.6. The minimum absolute atomic E-state index is 0.0444. The molecule has 0 spiro atoms. The van der Waals surface area contributed by atoms with Crippen LogP contribution in [0.1, 0.15) is 18.1 Å². The van der Waals surface area contributed by atoms with Crippen molar-refractivity contribution < 1.29 is 13.9 Å². The standard InChI is InChI=1S/C26H25F2N9O/c1-26(38,21-4-3-20(27)10-22(21)28)19-12-29-25(30-13-19)36-7-5-35(6-8-36)24-23-9-17(15-37(23)33-16-31-24)18-11-32-34(2)14-18/h3-4,9-16,38H,5-8H2,1-2H3/t26-/m1/s1. The highest BCUT2D eigenvalue weighted by atomic mass is 19.1. The Hall–Kier alpha value is -4.45. The fraction of sp³-hybridized carbons (Fsp3) is 0.269. The van der Waals surface area contributed by atoms with E-state index in [1.807, 2.05) is 35.1 Å². The maximum Gasteiger partial charge on any atom is 0.225 e. The Bertz CT molecular complexity index is 1610. The van der Waals surface area contributed by atoms with Gasteiger partial charge in [-0.2, -0.15) is 10.2 Å². The van der Waals surface area contributed by atoms with Crippen LogP contribution in [0.15, 0.2) is 61.6 Å². The molecule has 38 heavy (non-hydrogen) atoms. The number of fused-ring (bicyclic) bond motifs is 1. The lowest BCUT2D eigenvalue weighted by molar-refractivity contribution is 0.0970. The van der Waals surface area contributed by atoms with E-state index in [1.54, 1.807) is 11.0 Å². The lowest BCUT2D eigenvalue weighted by Gasteiger charge is -2.35. The monoisotopic (exact) mass is 517 g/mol. The fourth-order valence-corrected chi connectivity index (χ4v) is 4.78.